The van der Waals surface area contributed by atoms with Gasteiger partial charge in [-0.05, 0) is 38.4 Å². The first-order valence-corrected chi connectivity index (χ1v) is 8.85. The zero-order valence-corrected chi connectivity index (χ0v) is 16.3. The fourth-order valence-corrected chi connectivity index (χ4v) is 3.08. The molecule has 0 amide bonds. The third-order valence-electron chi connectivity index (χ3n) is 4.21. The summed E-state index contributed by atoms with van der Waals surface area (Å²) in [7, 11) is 3.96. The lowest BCUT2D eigenvalue weighted by molar-refractivity contribution is 0.0740. The maximum Gasteiger partial charge on any atom is 0.122 e. The van der Waals surface area contributed by atoms with Crippen molar-refractivity contribution in [3.05, 3.63) is 46.8 Å². The molecule has 0 saturated carbocycles. The van der Waals surface area contributed by atoms with Crippen LogP contribution in [0.1, 0.15) is 42.1 Å². The van der Waals surface area contributed by atoms with Crippen molar-refractivity contribution in [3.8, 4) is 5.75 Å². The monoisotopic (exact) mass is 345 g/mol. The highest BCUT2D eigenvalue weighted by Crippen LogP contribution is 2.20. The topological polar surface area (TPSA) is 50.5 Å². The Labute approximate surface area is 151 Å². The van der Waals surface area contributed by atoms with Gasteiger partial charge < -0.3 is 9.84 Å². The molecular weight excluding hydrogens is 314 g/mol. The summed E-state index contributed by atoms with van der Waals surface area (Å²) in [6, 6.07) is 6.08. The van der Waals surface area contributed by atoms with Gasteiger partial charge in [0.15, 0.2) is 0 Å². The molecule has 1 unspecified atom stereocenters. The molecule has 5 heteroatoms. The lowest BCUT2D eigenvalue weighted by atomic mass is 10.1. The van der Waals surface area contributed by atoms with Crippen LogP contribution in [-0.2, 0) is 13.6 Å². The number of aryl methyl sites for hydroxylation is 3. The van der Waals surface area contributed by atoms with E-state index in [1.165, 1.54) is 11.1 Å². The molecule has 0 radical (unpaired) electrons. The number of rotatable bonds is 8. The fraction of sp³-hybridized carbons (Fsp3) is 0.550. The molecule has 1 aromatic heterocycles. The lowest BCUT2D eigenvalue weighted by Gasteiger charge is -2.21. The molecule has 1 atom stereocenters. The van der Waals surface area contributed by atoms with Crippen molar-refractivity contribution in [1.82, 2.24) is 14.7 Å². The van der Waals surface area contributed by atoms with Crippen LogP contribution < -0.4 is 4.74 Å². The predicted molar refractivity (Wildman–Crippen MR) is 101 cm³/mol. The van der Waals surface area contributed by atoms with Gasteiger partial charge in [-0.3, -0.25) is 9.58 Å². The van der Waals surface area contributed by atoms with Gasteiger partial charge in [0.05, 0.1) is 5.69 Å². The van der Waals surface area contributed by atoms with Crippen LogP contribution in [0.25, 0.3) is 0 Å². The molecule has 138 valence electrons. The molecule has 0 saturated heterocycles. The van der Waals surface area contributed by atoms with Crippen molar-refractivity contribution >= 4 is 0 Å². The molecule has 0 spiro atoms. The zero-order valence-electron chi connectivity index (χ0n) is 16.3. The highest BCUT2D eigenvalue weighted by molar-refractivity contribution is 5.35. The summed E-state index contributed by atoms with van der Waals surface area (Å²) in [5.41, 5.74) is 4.64. The minimum absolute atomic E-state index is 0.290. The van der Waals surface area contributed by atoms with E-state index in [1.807, 2.05) is 37.8 Å². The highest BCUT2D eigenvalue weighted by Gasteiger charge is 2.15. The molecule has 2 aromatic rings. The Bertz CT molecular complexity index is 694. The number of hydrogen-bond acceptors (Lipinski definition) is 4. The number of hydrogen-bond donors (Lipinski definition) is 1. The van der Waals surface area contributed by atoms with Gasteiger partial charge in [0, 0.05) is 31.9 Å². The minimum atomic E-state index is -0.537. The summed E-state index contributed by atoms with van der Waals surface area (Å²) in [5.74, 6) is 1.23. The van der Waals surface area contributed by atoms with Crippen LogP contribution in [0.5, 0.6) is 5.75 Å². The molecule has 0 aliphatic rings. The van der Waals surface area contributed by atoms with Crippen LogP contribution in [0, 0.1) is 13.8 Å². The lowest BCUT2D eigenvalue weighted by Crippen LogP contribution is -2.33. The molecule has 1 N–H and O–H groups in total. The van der Waals surface area contributed by atoms with Gasteiger partial charge in [-0.2, -0.15) is 5.10 Å². The Balaban J connectivity index is 1.86. The van der Waals surface area contributed by atoms with E-state index in [9.17, 15) is 5.11 Å². The molecule has 2 rings (SSSR count). The highest BCUT2D eigenvalue weighted by atomic mass is 16.5. The summed E-state index contributed by atoms with van der Waals surface area (Å²) < 4.78 is 7.64. The van der Waals surface area contributed by atoms with E-state index in [4.69, 9.17) is 4.74 Å². The Morgan fingerprint density at radius 2 is 2.00 bits per heavy atom. The van der Waals surface area contributed by atoms with E-state index < -0.39 is 6.10 Å². The number of nitrogens with zero attached hydrogens (tertiary/aromatic N) is 3. The van der Waals surface area contributed by atoms with E-state index in [-0.39, 0.29) is 6.61 Å². The number of aromatic nitrogens is 2. The largest absolute Gasteiger partial charge is 0.491 e. The maximum absolute atomic E-state index is 10.3. The van der Waals surface area contributed by atoms with Crippen LogP contribution in [0.2, 0.25) is 0 Å². The Morgan fingerprint density at radius 3 is 2.64 bits per heavy atom. The van der Waals surface area contributed by atoms with Crippen LogP contribution in [0.15, 0.2) is 24.4 Å². The first-order valence-electron chi connectivity index (χ1n) is 8.85. The molecule has 1 aromatic carbocycles. The average Bonchev–Trinajstić information content (AvgIpc) is 2.87. The van der Waals surface area contributed by atoms with E-state index in [0.717, 1.165) is 23.6 Å². The van der Waals surface area contributed by atoms with Crippen LogP contribution in [-0.4, -0.2) is 46.1 Å². The second kappa shape index (κ2) is 8.50. The van der Waals surface area contributed by atoms with Gasteiger partial charge >= 0.3 is 0 Å². The second-order valence-corrected chi connectivity index (χ2v) is 7.30. The molecule has 1 heterocycles. The van der Waals surface area contributed by atoms with Crippen molar-refractivity contribution in [1.29, 1.82) is 0 Å². The van der Waals surface area contributed by atoms with Crippen LogP contribution >= 0.6 is 0 Å². The second-order valence-electron chi connectivity index (χ2n) is 7.30. The van der Waals surface area contributed by atoms with E-state index in [1.54, 1.807) is 0 Å². The Hall–Kier alpha value is -1.85. The first-order chi connectivity index (χ1) is 11.8. The summed E-state index contributed by atoms with van der Waals surface area (Å²) >= 11 is 0. The third kappa shape index (κ3) is 5.58. The van der Waals surface area contributed by atoms with E-state index in [0.29, 0.717) is 12.5 Å². The quantitative estimate of drug-likeness (QED) is 0.799. The standard InChI is InChI=1S/C20H31N3O2/c1-14(2)20-17(11-23(6)21-20)10-22(5)12-18(24)13-25-19-8-7-15(3)9-16(19)4/h7-9,11,14,18,24H,10,12-13H2,1-6H3. The maximum atomic E-state index is 10.3. The fourth-order valence-electron chi connectivity index (χ4n) is 3.08. The number of aliphatic hydroxyl groups is 1. The van der Waals surface area contributed by atoms with Crippen molar-refractivity contribution in [2.45, 2.75) is 46.3 Å². The normalized spacial score (nSPS) is 12.8. The smallest absolute Gasteiger partial charge is 0.122 e. The average molecular weight is 345 g/mol. The van der Waals surface area contributed by atoms with Crippen molar-refractivity contribution in [2.24, 2.45) is 7.05 Å². The summed E-state index contributed by atoms with van der Waals surface area (Å²) in [6.45, 7) is 10.00. The van der Waals surface area contributed by atoms with Gasteiger partial charge in [-0.25, -0.2) is 0 Å². The van der Waals surface area contributed by atoms with Gasteiger partial charge in [0.2, 0.25) is 0 Å². The number of benzene rings is 1. The summed E-state index contributed by atoms with van der Waals surface area (Å²) in [6.07, 6.45) is 1.52. The van der Waals surface area contributed by atoms with Crippen molar-refractivity contribution in [3.63, 3.8) is 0 Å². The molecule has 0 aliphatic carbocycles. The first kappa shape index (κ1) is 19.5. The van der Waals surface area contributed by atoms with Crippen LogP contribution in [0.3, 0.4) is 0 Å². The van der Waals surface area contributed by atoms with E-state index >= 15 is 0 Å². The SMILES string of the molecule is Cc1ccc(OCC(O)CN(C)Cc2cn(C)nc2C(C)C)c(C)c1. The van der Waals surface area contributed by atoms with Gasteiger partial charge in [-0.1, -0.05) is 31.5 Å². The summed E-state index contributed by atoms with van der Waals surface area (Å²) in [4.78, 5) is 2.11. The molecule has 0 bridgehead atoms. The van der Waals surface area contributed by atoms with Gasteiger partial charge in [0.25, 0.3) is 0 Å². The molecule has 25 heavy (non-hydrogen) atoms. The van der Waals surface area contributed by atoms with Crippen molar-refractivity contribution < 1.29 is 9.84 Å². The number of aliphatic hydroxyl groups excluding tert-OH is 1. The molecule has 5 nitrogen and oxygen atoms in total. The Kier molecular flexibility index (Phi) is 6.62. The molecular formula is C20H31N3O2. The third-order valence-corrected chi connectivity index (χ3v) is 4.21. The van der Waals surface area contributed by atoms with Crippen molar-refractivity contribution in [2.75, 3.05) is 20.2 Å². The summed E-state index contributed by atoms with van der Waals surface area (Å²) in [5, 5.41) is 14.8. The minimum Gasteiger partial charge on any atom is -0.491 e. The predicted octanol–water partition coefficient (Wildman–Crippen LogP) is 3.03. The number of likely N-dealkylation sites (N-methyl/N-ethyl adjacent to an activating group) is 1. The van der Waals surface area contributed by atoms with E-state index in [2.05, 4.69) is 43.0 Å². The molecule has 0 fully saturated rings. The Morgan fingerprint density at radius 1 is 1.28 bits per heavy atom. The van der Waals surface area contributed by atoms with Gasteiger partial charge in [-0.15, -0.1) is 0 Å². The van der Waals surface area contributed by atoms with Gasteiger partial charge in [0.1, 0.15) is 18.5 Å². The zero-order chi connectivity index (χ0) is 18.6. The number of ether oxygens (including phenoxy) is 1. The van der Waals surface area contributed by atoms with Crippen LogP contribution in [0.4, 0.5) is 0 Å². The molecule has 0 aliphatic heterocycles.